The molecular formula is C10H22N2O. The first kappa shape index (κ1) is 11.0. The van der Waals surface area contributed by atoms with Crippen molar-refractivity contribution in [3.63, 3.8) is 0 Å². The average molecular weight is 186 g/mol. The summed E-state index contributed by atoms with van der Waals surface area (Å²) in [5.74, 6) is 0. The zero-order valence-corrected chi connectivity index (χ0v) is 9.05. The molecule has 13 heavy (non-hydrogen) atoms. The molecule has 0 aromatic heterocycles. The minimum Gasteiger partial charge on any atom is -0.380 e. The molecule has 1 rings (SSSR count). The molecule has 1 atom stereocenters. The monoisotopic (exact) mass is 186 g/mol. The first-order valence-electron chi connectivity index (χ1n) is 5.17. The van der Waals surface area contributed by atoms with Crippen LogP contribution >= 0.6 is 0 Å². The van der Waals surface area contributed by atoms with Crippen LogP contribution in [0.5, 0.6) is 0 Å². The lowest BCUT2D eigenvalue weighted by Crippen LogP contribution is -2.34. The molecule has 0 heterocycles. The molecule has 3 heteroatoms. The van der Waals surface area contributed by atoms with Crippen molar-refractivity contribution in [3.8, 4) is 0 Å². The molecule has 0 aromatic rings. The number of likely N-dealkylation sites (N-methyl/N-ethyl adjacent to an activating group) is 1. The minimum atomic E-state index is 0.325. The Balaban J connectivity index is 1.88. The Kier molecular flexibility index (Phi) is 4.70. The predicted octanol–water partition coefficient (Wildman–Crippen LogP) is 0.705. The van der Waals surface area contributed by atoms with E-state index in [0.29, 0.717) is 6.10 Å². The molecule has 3 nitrogen and oxygen atoms in total. The van der Waals surface area contributed by atoms with Crippen molar-refractivity contribution in [1.82, 2.24) is 10.2 Å². The van der Waals surface area contributed by atoms with Crippen molar-refractivity contribution in [2.45, 2.75) is 31.9 Å². The van der Waals surface area contributed by atoms with E-state index in [2.05, 4.69) is 24.2 Å². The summed E-state index contributed by atoms with van der Waals surface area (Å²) < 4.78 is 5.14. The molecule has 0 aliphatic heterocycles. The van der Waals surface area contributed by atoms with E-state index in [9.17, 15) is 0 Å². The Morgan fingerprint density at radius 1 is 1.54 bits per heavy atom. The van der Waals surface area contributed by atoms with E-state index in [1.165, 1.54) is 12.8 Å². The van der Waals surface area contributed by atoms with Crippen molar-refractivity contribution in [2.75, 3.05) is 33.8 Å². The lowest BCUT2D eigenvalue weighted by molar-refractivity contribution is 0.116. The van der Waals surface area contributed by atoms with Gasteiger partial charge >= 0.3 is 0 Å². The molecule has 0 saturated heterocycles. The van der Waals surface area contributed by atoms with Gasteiger partial charge in [-0.25, -0.2) is 0 Å². The molecular weight excluding hydrogens is 164 g/mol. The van der Waals surface area contributed by atoms with Gasteiger partial charge in [-0.2, -0.15) is 0 Å². The molecule has 0 spiro atoms. The topological polar surface area (TPSA) is 24.5 Å². The van der Waals surface area contributed by atoms with Gasteiger partial charge in [0.1, 0.15) is 0 Å². The van der Waals surface area contributed by atoms with E-state index >= 15 is 0 Å². The Morgan fingerprint density at radius 3 is 2.77 bits per heavy atom. The molecule has 1 unspecified atom stereocenters. The Bertz CT molecular complexity index is 137. The number of ether oxygens (including phenoxy) is 1. The number of rotatable bonds is 7. The van der Waals surface area contributed by atoms with E-state index in [-0.39, 0.29) is 0 Å². The largest absolute Gasteiger partial charge is 0.380 e. The molecule has 1 fully saturated rings. The van der Waals surface area contributed by atoms with Gasteiger partial charge in [-0.05, 0) is 26.8 Å². The highest BCUT2D eigenvalue weighted by Gasteiger charge is 2.25. The third kappa shape index (κ3) is 4.60. The Morgan fingerprint density at radius 2 is 2.23 bits per heavy atom. The fraction of sp³-hybridized carbons (Fsp3) is 1.00. The van der Waals surface area contributed by atoms with Gasteiger partial charge in [-0.15, -0.1) is 0 Å². The van der Waals surface area contributed by atoms with E-state index in [4.69, 9.17) is 4.74 Å². The molecule has 0 amide bonds. The summed E-state index contributed by atoms with van der Waals surface area (Å²) in [7, 11) is 3.96. The van der Waals surface area contributed by atoms with Crippen LogP contribution < -0.4 is 5.32 Å². The maximum absolute atomic E-state index is 5.14. The minimum absolute atomic E-state index is 0.325. The summed E-state index contributed by atoms with van der Waals surface area (Å²) in [6.45, 7) is 5.26. The molecule has 78 valence electrons. The van der Waals surface area contributed by atoms with Gasteiger partial charge in [-0.1, -0.05) is 0 Å². The van der Waals surface area contributed by atoms with Gasteiger partial charge < -0.3 is 15.0 Å². The summed E-state index contributed by atoms with van der Waals surface area (Å²) in [6, 6.07) is 0.877. The molecule has 1 aliphatic carbocycles. The van der Waals surface area contributed by atoms with Crippen LogP contribution in [0, 0.1) is 0 Å². The highest BCUT2D eigenvalue weighted by Crippen LogP contribution is 2.24. The lowest BCUT2D eigenvalue weighted by atomic mass is 10.4. The maximum atomic E-state index is 5.14. The summed E-state index contributed by atoms with van der Waals surface area (Å²) in [4.78, 5) is 2.43. The zero-order valence-electron chi connectivity index (χ0n) is 9.05. The number of nitrogens with zero attached hydrogens (tertiary/aromatic N) is 1. The summed E-state index contributed by atoms with van der Waals surface area (Å²) in [5, 5.41) is 3.38. The van der Waals surface area contributed by atoms with Crippen LogP contribution in [0.3, 0.4) is 0 Å². The van der Waals surface area contributed by atoms with E-state index in [0.717, 1.165) is 25.7 Å². The van der Waals surface area contributed by atoms with Crippen molar-refractivity contribution in [3.05, 3.63) is 0 Å². The summed E-state index contributed by atoms with van der Waals surface area (Å²) in [5.41, 5.74) is 0. The lowest BCUT2D eigenvalue weighted by Gasteiger charge is -2.16. The van der Waals surface area contributed by atoms with Crippen LogP contribution in [0.1, 0.15) is 19.8 Å². The van der Waals surface area contributed by atoms with Crippen LogP contribution in [-0.4, -0.2) is 50.8 Å². The van der Waals surface area contributed by atoms with Crippen LogP contribution in [0.4, 0.5) is 0 Å². The Hall–Kier alpha value is -0.120. The average Bonchev–Trinajstić information content (AvgIpc) is 2.94. The normalized spacial score (nSPS) is 19.4. The second-order valence-corrected chi connectivity index (χ2v) is 3.96. The van der Waals surface area contributed by atoms with Crippen molar-refractivity contribution < 1.29 is 4.74 Å². The number of nitrogens with one attached hydrogen (secondary N) is 1. The van der Waals surface area contributed by atoms with Gasteiger partial charge in [0, 0.05) is 32.8 Å². The molecule has 1 saturated carbocycles. The van der Waals surface area contributed by atoms with Gasteiger partial charge in [0.15, 0.2) is 0 Å². The molecule has 1 N–H and O–H groups in total. The third-order valence-corrected chi connectivity index (χ3v) is 2.65. The van der Waals surface area contributed by atoms with Crippen molar-refractivity contribution in [2.24, 2.45) is 0 Å². The zero-order chi connectivity index (χ0) is 9.68. The molecule has 1 aliphatic rings. The van der Waals surface area contributed by atoms with E-state index < -0.39 is 0 Å². The quantitative estimate of drug-likeness (QED) is 0.593. The number of methoxy groups -OCH3 is 1. The second kappa shape index (κ2) is 5.58. The molecule has 0 radical (unpaired) electrons. The standard InChI is InChI=1S/C10H22N2O/c1-9(13-3)8-11-6-7-12(2)10-4-5-10/h9-11H,4-8H2,1-3H3. The predicted molar refractivity (Wildman–Crippen MR) is 55.0 cm³/mol. The summed E-state index contributed by atoms with van der Waals surface area (Å²) in [6.07, 6.45) is 3.11. The van der Waals surface area contributed by atoms with Crippen molar-refractivity contribution in [1.29, 1.82) is 0 Å². The fourth-order valence-corrected chi connectivity index (χ4v) is 1.34. The first-order valence-corrected chi connectivity index (χ1v) is 5.17. The highest BCUT2D eigenvalue weighted by atomic mass is 16.5. The third-order valence-electron chi connectivity index (χ3n) is 2.65. The van der Waals surface area contributed by atoms with Crippen LogP contribution in [0.15, 0.2) is 0 Å². The van der Waals surface area contributed by atoms with Crippen LogP contribution in [-0.2, 0) is 4.74 Å². The Labute approximate surface area is 81.4 Å². The van der Waals surface area contributed by atoms with Gasteiger partial charge in [0.2, 0.25) is 0 Å². The van der Waals surface area contributed by atoms with E-state index in [1.807, 2.05) is 0 Å². The van der Waals surface area contributed by atoms with Gasteiger partial charge in [-0.3, -0.25) is 0 Å². The number of hydrogen-bond acceptors (Lipinski definition) is 3. The van der Waals surface area contributed by atoms with Crippen LogP contribution in [0.2, 0.25) is 0 Å². The van der Waals surface area contributed by atoms with Crippen molar-refractivity contribution >= 4 is 0 Å². The van der Waals surface area contributed by atoms with Gasteiger partial charge in [0.25, 0.3) is 0 Å². The highest BCUT2D eigenvalue weighted by molar-refractivity contribution is 4.82. The second-order valence-electron chi connectivity index (χ2n) is 3.96. The first-order chi connectivity index (χ1) is 6.24. The fourth-order valence-electron chi connectivity index (χ4n) is 1.34. The maximum Gasteiger partial charge on any atom is 0.0667 e. The van der Waals surface area contributed by atoms with E-state index in [1.54, 1.807) is 7.11 Å². The van der Waals surface area contributed by atoms with Gasteiger partial charge in [0.05, 0.1) is 6.10 Å². The smallest absolute Gasteiger partial charge is 0.0667 e. The molecule has 0 bridgehead atoms. The SMILES string of the molecule is COC(C)CNCCN(C)C1CC1. The van der Waals surface area contributed by atoms with Crippen LogP contribution in [0.25, 0.3) is 0 Å². The summed E-state index contributed by atoms with van der Waals surface area (Å²) >= 11 is 0. The molecule has 0 aromatic carbocycles. The number of hydrogen-bond donors (Lipinski definition) is 1.